The predicted molar refractivity (Wildman–Crippen MR) is 99.6 cm³/mol. The van der Waals surface area contributed by atoms with E-state index in [9.17, 15) is 13.2 Å². The number of hydrogen-bond donors (Lipinski definition) is 1. The van der Waals surface area contributed by atoms with Crippen molar-refractivity contribution in [1.82, 2.24) is 4.31 Å². The van der Waals surface area contributed by atoms with Crippen LogP contribution in [0.25, 0.3) is 11.1 Å². The van der Waals surface area contributed by atoms with Crippen LogP contribution in [0.5, 0.6) is 0 Å². The van der Waals surface area contributed by atoms with E-state index in [0.717, 1.165) is 16.8 Å². The number of piperidine rings is 1. The van der Waals surface area contributed by atoms with E-state index < -0.39 is 10.0 Å². The van der Waals surface area contributed by atoms with Crippen molar-refractivity contribution in [3.63, 3.8) is 0 Å². The summed E-state index contributed by atoms with van der Waals surface area (Å²) in [5.41, 5.74) is 2.72. The van der Waals surface area contributed by atoms with Crippen LogP contribution in [0.15, 0.2) is 54.6 Å². The minimum Gasteiger partial charge on any atom is -0.325 e. The topological polar surface area (TPSA) is 66.5 Å². The molecule has 1 fully saturated rings. The van der Waals surface area contributed by atoms with Gasteiger partial charge in [-0.1, -0.05) is 48.5 Å². The summed E-state index contributed by atoms with van der Waals surface area (Å²) in [5.74, 6) is -0.455. The van der Waals surface area contributed by atoms with Crippen molar-refractivity contribution >= 4 is 21.6 Å². The van der Waals surface area contributed by atoms with Gasteiger partial charge in [-0.3, -0.25) is 4.79 Å². The second-order valence-corrected chi connectivity index (χ2v) is 8.34. The smallest absolute Gasteiger partial charge is 0.228 e. The highest BCUT2D eigenvalue weighted by Crippen LogP contribution is 2.29. The Morgan fingerprint density at radius 1 is 1.08 bits per heavy atom. The lowest BCUT2D eigenvalue weighted by Gasteiger charge is -2.30. The fraction of sp³-hybridized carbons (Fsp3) is 0.316. The molecule has 1 amide bonds. The van der Waals surface area contributed by atoms with Crippen LogP contribution < -0.4 is 5.32 Å². The average molecular weight is 358 g/mol. The highest BCUT2D eigenvalue weighted by atomic mass is 32.2. The maximum atomic E-state index is 12.7. The third-order valence-corrected chi connectivity index (χ3v) is 5.76. The molecule has 0 spiro atoms. The zero-order valence-electron chi connectivity index (χ0n) is 14.2. The van der Waals surface area contributed by atoms with Gasteiger partial charge in [0.2, 0.25) is 15.9 Å². The van der Waals surface area contributed by atoms with Crippen LogP contribution in [-0.4, -0.2) is 38.0 Å². The van der Waals surface area contributed by atoms with E-state index >= 15 is 0 Å². The summed E-state index contributed by atoms with van der Waals surface area (Å²) in [6.07, 6.45) is 2.59. The normalized spacial score (nSPS) is 18.7. The number of sulfonamides is 1. The zero-order valence-corrected chi connectivity index (χ0v) is 15.0. The molecule has 1 aliphatic heterocycles. The molecule has 5 nitrogen and oxygen atoms in total. The molecule has 2 aromatic carbocycles. The maximum absolute atomic E-state index is 12.7. The number of rotatable bonds is 4. The summed E-state index contributed by atoms with van der Waals surface area (Å²) >= 11 is 0. The SMILES string of the molecule is CS(=O)(=O)N1CCC[C@@H](C(=O)Nc2ccccc2-c2ccccc2)C1. The second kappa shape index (κ2) is 7.37. The summed E-state index contributed by atoms with van der Waals surface area (Å²) < 4.78 is 24.9. The predicted octanol–water partition coefficient (Wildman–Crippen LogP) is 2.96. The van der Waals surface area contributed by atoms with Crippen molar-refractivity contribution in [2.45, 2.75) is 12.8 Å². The largest absolute Gasteiger partial charge is 0.325 e. The summed E-state index contributed by atoms with van der Waals surface area (Å²) in [6.45, 7) is 0.737. The van der Waals surface area contributed by atoms with Crippen molar-refractivity contribution in [2.75, 3.05) is 24.7 Å². The van der Waals surface area contributed by atoms with Gasteiger partial charge in [0.1, 0.15) is 0 Å². The summed E-state index contributed by atoms with van der Waals surface area (Å²) in [5, 5.41) is 2.99. The lowest BCUT2D eigenvalue weighted by atomic mass is 9.98. The molecule has 0 aliphatic carbocycles. The van der Waals surface area contributed by atoms with Crippen LogP contribution in [0.3, 0.4) is 0 Å². The molecule has 2 aromatic rings. The number of nitrogens with one attached hydrogen (secondary N) is 1. The number of anilines is 1. The van der Waals surface area contributed by atoms with Crippen LogP contribution >= 0.6 is 0 Å². The minimum atomic E-state index is -3.26. The number of hydrogen-bond acceptors (Lipinski definition) is 3. The van der Waals surface area contributed by atoms with Crippen LogP contribution in [-0.2, 0) is 14.8 Å². The van der Waals surface area contributed by atoms with Crippen LogP contribution in [0, 0.1) is 5.92 Å². The lowest BCUT2D eigenvalue weighted by Crippen LogP contribution is -2.43. The minimum absolute atomic E-state index is 0.128. The van der Waals surface area contributed by atoms with Crippen molar-refractivity contribution in [1.29, 1.82) is 0 Å². The Bertz CT molecular complexity index is 850. The van der Waals surface area contributed by atoms with Gasteiger partial charge in [0.15, 0.2) is 0 Å². The van der Waals surface area contributed by atoms with Gasteiger partial charge in [0.05, 0.1) is 12.2 Å². The first kappa shape index (κ1) is 17.6. The van der Waals surface area contributed by atoms with E-state index in [4.69, 9.17) is 0 Å². The molecule has 1 saturated heterocycles. The first-order valence-corrected chi connectivity index (χ1v) is 10.2. The van der Waals surface area contributed by atoms with E-state index in [1.165, 1.54) is 10.6 Å². The number of nitrogens with zero attached hydrogens (tertiary/aromatic N) is 1. The summed E-state index contributed by atoms with van der Waals surface area (Å²) in [6, 6.07) is 17.5. The third kappa shape index (κ3) is 4.27. The fourth-order valence-corrected chi connectivity index (χ4v) is 4.07. The molecule has 1 atom stereocenters. The number of benzene rings is 2. The molecule has 132 valence electrons. The van der Waals surface area contributed by atoms with Crippen molar-refractivity contribution < 1.29 is 13.2 Å². The lowest BCUT2D eigenvalue weighted by molar-refractivity contribution is -0.120. The molecular weight excluding hydrogens is 336 g/mol. The quantitative estimate of drug-likeness (QED) is 0.914. The highest BCUT2D eigenvalue weighted by Gasteiger charge is 2.30. The van der Waals surface area contributed by atoms with Gasteiger partial charge in [0, 0.05) is 24.3 Å². The molecule has 0 saturated carbocycles. The standard InChI is InChI=1S/C19H22N2O3S/c1-25(23,24)21-13-7-10-16(14-21)19(22)20-18-12-6-5-11-17(18)15-8-3-2-4-9-15/h2-6,8-9,11-12,16H,7,10,13-14H2,1H3,(H,20,22)/t16-/m1/s1. The molecule has 1 heterocycles. The van der Waals surface area contributed by atoms with Gasteiger partial charge in [-0.15, -0.1) is 0 Å². The molecule has 25 heavy (non-hydrogen) atoms. The number of carbonyl (C=O) groups is 1. The third-order valence-electron chi connectivity index (χ3n) is 4.49. The summed E-state index contributed by atoms with van der Waals surface area (Å²) in [4.78, 5) is 12.7. The van der Waals surface area contributed by atoms with Gasteiger partial charge in [-0.2, -0.15) is 0 Å². The molecule has 3 rings (SSSR count). The molecule has 0 radical (unpaired) electrons. The Morgan fingerprint density at radius 2 is 1.76 bits per heavy atom. The van der Waals surface area contributed by atoms with Gasteiger partial charge in [0.25, 0.3) is 0 Å². The Balaban J connectivity index is 1.78. The number of carbonyl (C=O) groups excluding carboxylic acids is 1. The molecule has 0 bridgehead atoms. The van der Waals surface area contributed by atoms with E-state index in [1.54, 1.807) is 0 Å². The Labute approximate surface area is 148 Å². The number of para-hydroxylation sites is 1. The van der Waals surface area contributed by atoms with Gasteiger partial charge in [-0.05, 0) is 24.5 Å². The average Bonchev–Trinajstić information content (AvgIpc) is 2.62. The van der Waals surface area contributed by atoms with Gasteiger partial charge >= 0.3 is 0 Å². The van der Waals surface area contributed by atoms with Crippen molar-refractivity contribution in [3.05, 3.63) is 54.6 Å². The van der Waals surface area contributed by atoms with Gasteiger partial charge in [-0.25, -0.2) is 12.7 Å². The van der Waals surface area contributed by atoms with Gasteiger partial charge < -0.3 is 5.32 Å². The van der Waals surface area contributed by atoms with Crippen LogP contribution in [0.4, 0.5) is 5.69 Å². The Morgan fingerprint density at radius 3 is 2.48 bits per heavy atom. The molecule has 0 unspecified atom stereocenters. The van der Waals surface area contributed by atoms with E-state index in [2.05, 4.69) is 5.32 Å². The number of amides is 1. The van der Waals surface area contributed by atoms with Crippen molar-refractivity contribution in [3.8, 4) is 11.1 Å². The molecule has 1 N–H and O–H groups in total. The zero-order chi connectivity index (χ0) is 17.9. The maximum Gasteiger partial charge on any atom is 0.228 e. The fourth-order valence-electron chi connectivity index (χ4n) is 3.15. The molecular formula is C19H22N2O3S. The van der Waals surface area contributed by atoms with E-state index in [0.29, 0.717) is 19.4 Å². The molecule has 0 aromatic heterocycles. The van der Waals surface area contributed by atoms with Crippen molar-refractivity contribution in [2.24, 2.45) is 5.92 Å². The molecule has 1 aliphatic rings. The molecule has 6 heteroatoms. The van der Waals surface area contributed by atoms with E-state index in [-0.39, 0.29) is 18.4 Å². The highest BCUT2D eigenvalue weighted by molar-refractivity contribution is 7.88. The summed E-state index contributed by atoms with van der Waals surface area (Å²) in [7, 11) is -3.26. The second-order valence-electron chi connectivity index (χ2n) is 6.36. The van der Waals surface area contributed by atoms with Crippen LogP contribution in [0.2, 0.25) is 0 Å². The van der Waals surface area contributed by atoms with Crippen LogP contribution in [0.1, 0.15) is 12.8 Å². The van der Waals surface area contributed by atoms with E-state index in [1.807, 2.05) is 54.6 Å². The monoisotopic (exact) mass is 358 g/mol. The Hall–Kier alpha value is -2.18. The Kier molecular flexibility index (Phi) is 5.20. The first-order chi connectivity index (χ1) is 11.9. The first-order valence-electron chi connectivity index (χ1n) is 8.35.